The summed E-state index contributed by atoms with van der Waals surface area (Å²) in [6.45, 7) is 13.6. The van der Waals surface area contributed by atoms with Gasteiger partial charge in [0.15, 0.2) is 5.65 Å². The van der Waals surface area contributed by atoms with Crippen LogP contribution in [0.5, 0.6) is 5.88 Å². The Morgan fingerprint density at radius 1 is 1.25 bits per heavy atom. The van der Waals surface area contributed by atoms with E-state index in [2.05, 4.69) is 34.7 Å². The molecule has 1 N–H and O–H groups in total. The molecule has 0 aliphatic carbocycles. The molecule has 0 unspecified atom stereocenters. The van der Waals surface area contributed by atoms with Gasteiger partial charge in [-0.2, -0.15) is 0 Å². The Kier molecular flexibility index (Phi) is 14.6. The molecule has 0 atom stereocenters. The largest absolute Gasteiger partial charge is 0.476 e. The summed E-state index contributed by atoms with van der Waals surface area (Å²) < 4.78 is 11.9. The van der Waals surface area contributed by atoms with Crippen molar-refractivity contribution in [2.45, 2.75) is 54.4 Å². The first-order chi connectivity index (χ1) is 13.6. The SMILES string of the molecule is CC.CC/C=C(\C=C/CO)c1cn2nc(OCCC)c(C)cc2n1.CCOC. The number of nitrogens with zero attached hydrogens (tertiary/aromatic N) is 3. The summed E-state index contributed by atoms with van der Waals surface area (Å²) in [5, 5.41) is 13.4. The first-order valence-electron chi connectivity index (χ1n) is 10.1. The van der Waals surface area contributed by atoms with Crippen LogP contribution in [0.4, 0.5) is 0 Å². The standard InChI is InChI=1S/C17H23N3O2.C3H8O.C2H6/c1-4-7-14(8-6-9-21)15-12-20-16(18-15)11-13(3)17(19-20)22-10-5-2;1-3-4-2;1-2/h6-8,11-12,21H,4-5,9-10H2,1-3H3;3H2,1-2H3;1-2H3/b8-6-,14-7+;;. The molecule has 0 radical (unpaired) electrons. The molecular formula is C22H37N3O3. The van der Waals surface area contributed by atoms with Crippen LogP contribution in [0.1, 0.15) is 58.7 Å². The third kappa shape index (κ3) is 8.67. The Labute approximate surface area is 169 Å². The van der Waals surface area contributed by atoms with E-state index in [9.17, 15) is 0 Å². The average Bonchev–Trinajstić information content (AvgIpc) is 3.13. The molecule has 158 valence electrons. The maximum atomic E-state index is 8.96. The van der Waals surface area contributed by atoms with Gasteiger partial charge in [0.1, 0.15) is 0 Å². The number of ether oxygens (including phenoxy) is 2. The van der Waals surface area contributed by atoms with E-state index in [0.717, 1.165) is 41.9 Å². The van der Waals surface area contributed by atoms with E-state index in [4.69, 9.17) is 9.84 Å². The Bertz CT molecular complexity index is 719. The molecule has 6 nitrogen and oxygen atoms in total. The lowest BCUT2D eigenvalue weighted by atomic mass is 10.1. The zero-order chi connectivity index (χ0) is 21.4. The highest BCUT2D eigenvalue weighted by molar-refractivity contribution is 5.72. The van der Waals surface area contributed by atoms with Crippen molar-refractivity contribution in [3.63, 3.8) is 0 Å². The van der Waals surface area contributed by atoms with Gasteiger partial charge in [-0.15, -0.1) is 5.10 Å². The third-order valence-corrected chi connectivity index (χ3v) is 3.45. The van der Waals surface area contributed by atoms with Gasteiger partial charge in [0.2, 0.25) is 5.88 Å². The lowest BCUT2D eigenvalue weighted by Crippen LogP contribution is -2.02. The van der Waals surface area contributed by atoms with Crippen molar-refractivity contribution < 1.29 is 14.6 Å². The van der Waals surface area contributed by atoms with E-state index in [-0.39, 0.29) is 6.61 Å². The van der Waals surface area contributed by atoms with Crippen LogP contribution in [0.2, 0.25) is 0 Å². The summed E-state index contributed by atoms with van der Waals surface area (Å²) in [6, 6.07) is 1.97. The molecule has 0 saturated carbocycles. The summed E-state index contributed by atoms with van der Waals surface area (Å²) in [6.07, 6.45) is 9.40. The summed E-state index contributed by atoms with van der Waals surface area (Å²) in [5.41, 5.74) is 3.59. The summed E-state index contributed by atoms with van der Waals surface area (Å²) in [7, 11) is 1.68. The normalized spacial score (nSPS) is 11.1. The highest BCUT2D eigenvalue weighted by Gasteiger charge is 2.09. The van der Waals surface area contributed by atoms with Crippen LogP contribution in [-0.2, 0) is 4.74 Å². The molecule has 2 aromatic heterocycles. The van der Waals surface area contributed by atoms with Gasteiger partial charge < -0.3 is 14.6 Å². The lowest BCUT2D eigenvalue weighted by Gasteiger charge is -2.06. The minimum Gasteiger partial charge on any atom is -0.476 e. The number of aromatic nitrogens is 3. The second-order valence-corrected chi connectivity index (χ2v) is 5.64. The quantitative estimate of drug-likeness (QED) is 0.652. The van der Waals surface area contributed by atoms with Crippen molar-refractivity contribution in [2.24, 2.45) is 0 Å². The van der Waals surface area contributed by atoms with Crippen LogP contribution in [0, 0.1) is 6.92 Å². The number of aliphatic hydroxyl groups excluding tert-OH is 1. The van der Waals surface area contributed by atoms with E-state index < -0.39 is 0 Å². The number of hydrogen-bond acceptors (Lipinski definition) is 5. The molecule has 0 saturated heterocycles. The minimum absolute atomic E-state index is 0.0147. The second-order valence-electron chi connectivity index (χ2n) is 5.64. The van der Waals surface area contributed by atoms with Crippen LogP contribution in [0.3, 0.4) is 0 Å². The van der Waals surface area contributed by atoms with E-state index in [1.807, 2.05) is 46.0 Å². The van der Waals surface area contributed by atoms with Gasteiger partial charge >= 0.3 is 0 Å². The number of fused-ring (bicyclic) bond motifs is 1. The molecule has 0 aliphatic rings. The van der Waals surface area contributed by atoms with E-state index in [0.29, 0.717) is 12.5 Å². The van der Waals surface area contributed by atoms with Crippen LogP contribution in [0.15, 0.2) is 30.5 Å². The first kappa shape index (κ1) is 25.8. The van der Waals surface area contributed by atoms with Gasteiger partial charge in [0, 0.05) is 19.3 Å². The van der Waals surface area contributed by atoms with E-state index in [1.165, 1.54) is 0 Å². The number of rotatable bonds is 8. The summed E-state index contributed by atoms with van der Waals surface area (Å²) in [4.78, 5) is 4.61. The fourth-order valence-electron chi connectivity index (χ4n) is 2.13. The van der Waals surface area contributed by atoms with E-state index >= 15 is 0 Å². The van der Waals surface area contributed by atoms with Crippen molar-refractivity contribution in [1.29, 1.82) is 0 Å². The highest BCUT2D eigenvalue weighted by Crippen LogP contribution is 2.20. The molecule has 2 heterocycles. The number of methoxy groups -OCH3 is 1. The molecule has 6 heteroatoms. The van der Waals surface area contributed by atoms with Crippen molar-refractivity contribution in [3.8, 4) is 5.88 Å². The number of aliphatic hydroxyl groups is 1. The number of allylic oxidation sites excluding steroid dienone is 3. The smallest absolute Gasteiger partial charge is 0.234 e. The summed E-state index contributed by atoms with van der Waals surface area (Å²) in [5.74, 6) is 0.644. The number of aryl methyl sites for hydroxylation is 1. The molecule has 0 bridgehead atoms. The van der Waals surface area contributed by atoms with Gasteiger partial charge in [0.05, 0.1) is 25.1 Å². The number of imidazole rings is 1. The van der Waals surface area contributed by atoms with Crippen molar-refractivity contribution in [3.05, 3.63) is 41.7 Å². The molecule has 28 heavy (non-hydrogen) atoms. The van der Waals surface area contributed by atoms with Crippen LogP contribution in [0.25, 0.3) is 11.2 Å². The Morgan fingerprint density at radius 2 is 1.93 bits per heavy atom. The molecule has 0 spiro atoms. The minimum atomic E-state index is 0.0147. The van der Waals surface area contributed by atoms with Gasteiger partial charge in [-0.05, 0) is 38.3 Å². The lowest BCUT2D eigenvalue weighted by molar-refractivity contribution is 0.215. The van der Waals surface area contributed by atoms with Crippen molar-refractivity contribution >= 4 is 11.2 Å². The van der Waals surface area contributed by atoms with E-state index in [1.54, 1.807) is 17.7 Å². The highest BCUT2D eigenvalue weighted by atomic mass is 16.5. The van der Waals surface area contributed by atoms with Gasteiger partial charge in [-0.25, -0.2) is 9.50 Å². The third-order valence-electron chi connectivity index (χ3n) is 3.45. The molecule has 0 aliphatic heterocycles. The number of hydrogen-bond donors (Lipinski definition) is 1. The zero-order valence-corrected chi connectivity index (χ0v) is 18.5. The monoisotopic (exact) mass is 391 g/mol. The van der Waals surface area contributed by atoms with Crippen LogP contribution >= 0.6 is 0 Å². The Balaban J connectivity index is 0.00000108. The molecule has 2 rings (SSSR count). The van der Waals surface area contributed by atoms with Gasteiger partial charge in [-0.1, -0.05) is 45.9 Å². The molecule has 0 fully saturated rings. The average molecular weight is 392 g/mol. The maximum Gasteiger partial charge on any atom is 0.234 e. The predicted molar refractivity (Wildman–Crippen MR) is 117 cm³/mol. The molecule has 2 aromatic rings. The Morgan fingerprint density at radius 3 is 2.46 bits per heavy atom. The fourth-order valence-corrected chi connectivity index (χ4v) is 2.13. The van der Waals surface area contributed by atoms with Crippen LogP contribution in [-0.4, -0.2) is 46.6 Å². The van der Waals surface area contributed by atoms with Gasteiger partial charge in [0.25, 0.3) is 0 Å². The van der Waals surface area contributed by atoms with Crippen LogP contribution < -0.4 is 4.74 Å². The molecule has 0 aromatic carbocycles. The maximum absolute atomic E-state index is 8.96. The van der Waals surface area contributed by atoms with Crippen molar-refractivity contribution in [2.75, 3.05) is 26.9 Å². The van der Waals surface area contributed by atoms with Crippen molar-refractivity contribution in [1.82, 2.24) is 14.6 Å². The van der Waals surface area contributed by atoms with Gasteiger partial charge in [-0.3, -0.25) is 0 Å². The predicted octanol–water partition coefficient (Wildman–Crippen LogP) is 4.85. The zero-order valence-electron chi connectivity index (χ0n) is 18.5. The first-order valence-corrected chi connectivity index (χ1v) is 10.1. The topological polar surface area (TPSA) is 68.9 Å². The Hall–Kier alpha value is -2.18. The second kappa shape index (κ2) is 15.8. The fraction of sp³-hybridized carbons (Fsp3) is 0.545. The summed E-state index contributed by atoms with van der Waals surface area (Å²) >= 11 is 0. The molecule has 0 amide bonds. The molecular weight excluding hydrogens is 354 g/mol.